The van der Waals surface area contributed by atoms with Gasteiger partial charge in [0.1, 0.15) is 0 Å². The molecule has 20 heavy (non-hydrogen) atoms. The molecule has 0 fully saturated rings. The lowest BCUT2D eigenvalue weighted by molar-refractivity contribution is 0.0698. The van der Waals surface area contributed by atoms with Crippen molar-refractivity contribution in [1.82, 2.24) is 10.6 Å². The average molecular weight is 289 g/mol. The number of hydrogen-bond donors (Lipinski definition) is 2. The Labute approximate surface area is 123 Å². The third kappa shape index (κ3) is 13.6. The molecule has 6 heteroatoms. The molecule has 0 aliphatic heterocycles. The SMILES string of the molecule is CN=C(NCCCOCCOC)NCCCOC(C)C. The molecule has 0 bridgehead atoms. The maximum absolute atomic E-state index is 5.48. The van der Waals surface area contributed by atoms with Crippen LogP contribution >= 0.6 is 0 Å². The van der Waals surface area contributed by atoms with Gasteiger partial charge < -0.3 is 24.8 Å². The van der Waals surface area contributed by atoms with E-state index in [4.69, 9.17) is 14.2 Å². The number of nitrogens with one attached hydrogen (secondary N) is 2. The number of hydrogen-bond acceptors (Lipinski definition) is 4. The van der Waals surface area contributed by atoms with Crippen molar-refractivity contribution in [2.24, 2.45) is 4.99 Å². The van der Waals surface area contributed by atoms with Gasteiger partial charge in [0.2, 0.25) is 0 Å². The lowest BCUT2D eigenvalue weighted by Crippen LogP contribution is -2.38. The van der Waals surface area contributed by atoms with Gasteiger partial charge in [-0.3, -0.25) is 4.99 Å². The van der Waals surface area contributed by atoms with Gasteiger partial charge in [-0.1, -0.05) is 0 Å². The van der Waals surface area contributed by atoms with Crippen LogP contribution in [-0.4, -0.2) is 65.7 Å². The van der Waals surface area contributed by atoms with E-state index in [0.29, 0.717) is 19.3 Å². The lowest BCUT2D eigenvalue weighted by atomic mass is 10.4. The zero-order valence-electron chi connectivity index (χ0n) is 13.4. The van der Waals surface area contributed by atoms with Crippen LogP contribution in [0.2, 0.25) is 0 Å². The Balaban J connectivity index is 3.39. The standard InChI is InChI=1S/C14H31N3O3/c1-13(2)20-10-6-8-17-14(15-3)16-7-5-9-19-12-11-18-4/h13H,5-12H2,1-4H3,(H2,15,16,17). The third-order valence-electron chi connectivity index (χ3n) is 2.48. The average Bonchev–Trinajstić information content (AvgIpc) is 2.43. The van der Waals surface area contributed by atoms with Gasteiger partial charge >= 0.3 is 0 Å². The van der Waals surface area contributed by atoms with Crippen LogP contribution in [0.1, 0.15) is 26.7 Å². The molecule has 0 aliphatic carbocycles. The van der Waals surface area contributed by atoms with Crippen molar-refractivity contribution in [2.75, 3.05) is 53.7 Å². The Morgan fingerprint density at radius 1 is 1.00 bits per heavy atom. The van der Waals surface area contributed by atoms with Crippen LogP contribution in [-0.2, 0) is 14.2 Å². The smallest absolute Gasteiger partial charge is 0.190 e. The van der Waals surface area contributed by atoms with Crippen molar-refractivity contribution >= 4 is 5.96 Å². The van der Waals surface area contributed by atoms with E-state index in [1.165, 1.54) is 0 Å². The largest absolute Gasteiger partial charge is 0.382 e. The van der Waals surface area contributed by atoms with Gasteiger partial charge in [0.05, 0.1) is 19.3 Å². The molecule has 6 nitrogen and oxygen atoms in total. The van der Waals surface area contributed by atoms with Gasteiger partial charge in [0.15, 0.2) is 5.96 Å². The Bertz CT molecular complexity index is 236. The van der Waals surface area contributed by atoms with Crippen molar-refractivity contribution in [1.29, 1.82) is 0 Å². The predicted octanol–water partition coefficient (Wildman–Crippen LogP) is 1.02. The van der Waals surface area contributed by atoms with E-state index >= 15 is 0 Å². The molecule has 2 N–H and O–H groups in total. The number of ether oxygens (including phenoxy) is 3. The summed E-state index contributed by atoms with van der Waals surface area (Å²) in [7, 11) is 3.45. The number of nitrogens with zero attached hydrogens (tertiary/aromatic N) is 1. The van der Waals surface area contributed by atoms with Crippen molar-refractivity contribution in [3.8, 4) is 0 Å². The van der Waals surface area contributed by atoms with Gasteiger partial charge in [-0.2, -0.15) is 0 Å². The summed E-state index contributed by atoms with van der Waals surface area (Å²) in [6, 6.07) is 0. The Morgan fingerprint density at radius 3 is 2.20 bits per heavy atom. The van der Waals surface area contributed by atoms with Crippen LogP contribution in [0, 0.1) is 0 Å². The zero-order chi connectivity index (χ0) is 15.1. The Kier molecular flexibility index (Phi) is 13.9. The molecule has 120 valence electrons. The number of guanidine groups is 1. The molecule has 0 aromatic carbocycles. The second-order valence-electron chi connectivity index (χ2n) is 4.66. The van der Waals surface area contributed by atoms with Gasteiger partial charge in [-0.15, -0.1) is 0 Å². The van der Waals surface area contributed by atoms with E-state index in [9.17, 15) is 0 Å². The van der Waals surface area contributed by atoms with Gasteiger partial charge in [-0.25, -0.2) is 0 Å². The Morgan fingerprint density at radius 2 is 1.65 bits per heavy atom. The highest BCUT2D eigenvalue weighted by Crippen LogP contribution is 1.89. The summed E-state index contributed by atoms with van der Waals surface area (Å²) in [5, 5.41) is 6.50. The molecular formula is C14H31N3O3. The van der Waals surface area contributed by atoms with E-state index in [1.807, 2.05) is 13.8 Å². The van der Waals surface area contributed by atoms with Crippen molar-refractivity contribution < 1.29 is 14.2 Å². The van der Waals surface area contributed by atoms with E-state index in [0.717, 1.165) is 45.1 Å². The minimum atomic E-state index is 0.297. The number of aliphatic imine (C=N–C) groups is 1. The summed E-state index contributed by atoms with van der Waals surface area (Å²) < 4.78 is 15.8. The summed E-state index contributed by atoms with van der Waals surface area (Å²) in [6.07, 6.45) is 2.21. The molecule has 0 rings (SSSR count). The van der Waals surface area contributed by atoms with Gasteiger partial charge in [0.25, 0.3) is 0 Å². The summed E-state index contributed by atoms with van der Waals surface area (Å²) in [4.78, 5) is 4.16. The molecule has 0 saturated carbocycles. The highest BCUT2D eigenvalue weighted by molar-refractivity contribution is 5.79. The minimum absolute atomic E-state index is 0.297. The van der Waals surface area contributed by atoms with Crippen molar-refractivity contribution in [3.63, 3.8) is 0 Å². The molecule has 0 aromatic rings. The van der Waals surface area contributed by atoms with Crippen molar-refractivity contribution in [2.45, 2.75) is 32.8 Å². The highest BCUT2D eigenvalue weighted by Gasteiger charge is 1.97. The quantitative estimate of drug-likeness (QED) is 0.319. The molecule has 0 heterocycles. The molecular weight excluding hydrogens is 258 g/mol. The first-order valence-corrected chi connectivity index (χ1v) is 7.33. The molecule has 0 aliphatic rings. The van der Waals surface area contributed by atoms with Crippen LogP contribution in [0.5, 0.6) is 0 Å². The molecule has 0 spiro atoms. The topological polar surface area (TPSA) is 64.1 Å². The fraction of sp³-hybridized carbons (Fsp3) is 0.929. The fourth-order valence-electron chi connectivity index (χ4n) is 1.44. The highest BCUT2D eigenvalue weighted by atomic mass is 16.5. The molecule has 0 saturated heterocycles. The van der Waals surface area contributed by atoms with Crippen molar-refractivity contribution in [3.05, 3.63) is 0 Å². The molecule has 0 unspecified atom stereocenters. The maximum atomic E-state index is 5.48. The second-order valence-corrected chi connectivity index (χ2v) is 4.66. The first kappa shape index (κ1) is 19.1. The molecule has 0 atom stereocenters. The van der Waals surface area contributed by atoms with E-state index in [1.54, 1.807) is 14.2 Å². The summed E-state index contributed by atoms with van der Waals surface area (Å²) >= 11 is 0. The molecule has 0 aromatic heterocycles. The monoisotopic (exact) mass is 289 g/mol. The van der Waals surface area contributed by atoms with E-state index < -0.39 is 0 Å². The first-order chi connectivity index (χ1) is 9.70. The van der Waals surface area contributed by atoms with Crippen LogP contribution in [0.3, 0.4) is 0 Å². The molecule has 0 radical (unpaired) electrons. The van der Waals surface area contributed by atoms with E-state index in [2.05, 4.69) is 15.6 Å². The van der Waals surface area contributed by atoms with Crippen LogP contribution in [0.25, 0.3) is 0 Å². The maximum Gasteiger partial charge on any atom is 0.190 e. The lowest BCUT2D eigenvalue weighted by Gasteiger charge is -2.12. The number of methoxy groups -OCH3 is 1. The van der Waals surface area contributed by atoms with Gasteiger partial charge in [-0.05, 0) is 26.7 Å². The third-order valence-corrected chi connectivity index (χ3v) is 2.48. The van der Waals surface area contributed by atoms with Crippen LogP contribution in [0.15, 0.2) is 4.99 Å². The summed E-state index contributed by atoms with van der Waals surface area (Å²) in [5.74, 6) is 0.825. The normalized spacial score (nSPS) is 11.9. The number of rotatable bonds is 12. The predicted molar refractivity (Wildman–Crippen MR) is 82.4 cm³/mol. The fourth-order valence-corrected chi connectivity index (χ4v) is 1.44. The van der Waals surface area contributed by atoms with Crippen LogP contribution < -0.4 is 10.6 Å². The summed E-state index contributed by atoms with van der Waals surface area (Å²) in [6.45, 7) is 8.59. The van der Waals surface area contributed by atoms with E-state index in [-0.39, 0.29) is 0 Å². The summed E-state index contributed by atoms with van der Waals surface area (Å²) in [5.41, 5.74) is 0. The van der Waals surface area contributed by atoms with Crippen LogP contribution in [0.4, 0.5) is 0 Å². The molecule has 0 amide bonds. The minimum Gasteiger partial charge on any atom is -0.382 e. The first-order valence-electron chi connectivity index (χ1n) is 7.33. The Hall–Kier alpha value is -0.850. The zero-order valence-corrected chi connectivity index (χ0v) is 13.4. The second kappa shape index (κ2) is 14.6. The van der Waals surface area contributed by atoms with Gasteiger partial charge in [0, 0.05) is 40.5 Å².